The first-order valence-electron chi connectivity index (χ1n) is 4.72. The van der Waals surface area contributed by atoms with E-state index in [0.717, 1.165) is 10.6 Å². The zero-order valence-corrected chi connectivity index (χ0v) is 12.3. The molecule has 0 aromatic heterocycles. The Bertz CT molecular complexity index is 529. The summed E-state index contributed by atoms with van der Waals surface area (Å²) in [6, 6.07) is 5.60. The SMILES string of the molecule is CC(C(=O)O)N(c1ccccc1I)S(C)(=O)=O. The van der Waals surface area contributed by atoms with Gasteiger partial charge in [0.25, 0.3) is 0 Å². The Morgan fingerprint density at radius 2 is 1.94 bits per heavy atom. The highest BCUT2D eigenvalue weighted by molar-refractivity contribution is 14.1. The summed E-state index contributed by atoms with van der Waals surface area (Å²) in [5, 5.41) is 8.96. The fourth-order valence-electron chi connectivity index (χ4n) is 1.41. The molecule has 1 rings (SSSR count). The summed E-state index contributed by atoms with van der Waals surface area (Å²) in [5.41, 5.74) is 0.380. The predicted molar refractivity (Wildman–Crippen MR) is 73.6 cm³/mol. The number of carboxylic acid groups (broad SMARTS) is 1. The van der Waals surface area contributed by atoms with Crippen LogP contribution < -0.4 is 4.31 Å². The average molecular weight is 369 g/mol. The zero-order chi connectivity index (χ0) is 13.2. The van der Waals surface area contributed by atoms with Crippen LogP contribution in [0.25, 0.3) is 0 Å². The van der Waals surface area contributed by atoms with E-state index >= 15 is 0 Å². The highest BCUT2D eigenvalue weighted by Crippen LogP contribution is 2.26. The first kappa shape index (κ1) is 14.2. The van der Waals surface area contributed by atoms with Crippen molar-refractivity contribution in [3.63, 3.8) is 0 Å². The maximum absolute atomic E-state index is 11.7. The van der Waals surface area contributed by atoms with Gasteiger partial charge in [-0.25, -0.2) is 13.2 Å². The molecule has 0 amide bonds. The van der Waals surface area contributed by atoms with Gasteiger partial charge >= 0.3 is 5.97 Å². The second kappa shape index (κ2) is 5.21. The van der Waals surface area contributed by atoms with E-state index in [-0.39, 0.29) is 0 Å². The van der Waals surface area contributed by atoms with Gasteiger partial charge in [-0.1, -0.05) is 12.1 Å². The lowest BCUT2D eigenvalue weighted by Gasteiger charge is -2.27. The molecule has 1 atom stereocenters. The first-order valence-corrected chi connectivity index (χ1v) is 7.64. The maximum Gasteiger partial charge on any atom is 0.327 e. The van der Waals surface area contributed by atoms with E-state index < -0.39 is 22.0 Å². The number of hydrogen-bond acceptors (Lipinski definition) is 3. The quantitative estimate of drug-likeness (QED) is 0.817. The van der Waals surface area contributed by atoms with E-state index in [0.29, 0.717) is 9.26 Å². The van der Waals surface area contributed by atoms with E-state index in [2.05, 4.69) is 0 Å². The molecule has 94 valence electrons. The van der Waals surface area contributed by atoms with E-state index in [1.54, 1.807) is 24.3 Å². The standard InChI is InChI=1S/C10H12INO4S/c1-7(10(13)14)12(17(2,15)16)9-6-4-3-5-8(9)11/h3-7H,1-2H3,(H,13,14). The number of anilines is 1. The van der Waals surface area contributed by atoms with Crippen molar-refractivity contribution in [2.24, 2.45) is 0 Å². The average Bonchev–Trinajstić information content (AvgIpc) is 2.19. The van der Waals surface area contributed by atoms with Gasteiger partial charge in [0.15, 0.2) is 0 Å². The van der Waals surface area contributed by atoms with Crippen molar-refractivity contribution in [2.45, 2.75) is 13.0 Å². The van der Waals surface area contributed by atoms with Gasteiger partial charge in [0, 0.05) is 3.57 Å². The Morgan fingerprint density at radius 1 is 1.41 bits per heavy atom. The molecule has 0 fully saturated rings. The Labute approximate surface area is 114 Å². The smallest absolute Gasteiger partial charge is 0.327 e. The van der Waals surface area contributed by atoms with Crippen LogP contribution in [0.1, 0.15) is 6.92 Å². The third-order valence-corrected chi connectivity index (χ3v) is 4.30. The van der Waals surface area contributed by atoms with Crippen LogP contribution in [0.5, 0.6) is 0 Å². The summed E-state index contributed by atoms with van der Waals surface area (Å²) < 4.78 is 25.0. The van der Waals surface area contributed by atoms with Gasteiger partial charge in [0.2, 0.25) is 10.0 Å². The van der Waals surface area contributed by atoms with Gasteiger partial charge in [0.1, 0.15) is 6.04 Å². The molecule has 0 saturated carbocycles. The molecule has 0 radical (unpaired) electrons. The molecule has 0 aliphatic rings. The molecule has 1 aromatic carbocycles. The summed E-state index contributed by atoms with van der Waals surface area (Å²) in [6.45, 7) is 1.34. The summed E-state index contributed by atoms with van der Waals surface area (Å²) >= 11 is 1.97. The van der Waals surface area contributed by atoms with E-state index in [9.17, 15) is 13.2 Å². The first-order chi connectivity index (χ1) is 7.75. The van der Waals surface area contributed by atoms with Crippen molar-refractivity contribution in [2.75, 3.05) is 10.6 Å². The molecular formula is C10H12INO4S. The van der Waals surface area contributed by atoms with Crippen LogP contribution in [-0.2, 0) is 14.8 Å². The van der Waals surface area contributed by atoms with Gasteiger partial charge in [-0.2, -0.15) is 0 Å². The van der Waals surface area contributed by atoms with Gasteiger partial charge in [0.05, 0.1) is 11.9 Å². The lowest BCUT2D eigenvalue weighted by Crippen LogP contribution is -2.43. The number of hydrogen-bond donors (Lipinski definition) is 1. The maximum atomic E-state index is 11.7. The lowest BCUT2D eigenvalue weighted by molar-refractivity contribution is -0.137. The zero-order valence-electron chi connectivity index (χ0n) is 9.29. The molecular weight excluding hydrogens is 357 g/mol. The Balaban J connectivity index is 3.36. The van der Waals surface area contributed by atoms with Crippen LogP contribution in [-0.4, -0.2) is 31.8 Å². The van der Waals surface area contributed by atoms with Crippen molar-refractivity contribution in [1.29, 1.82) is 0 Å². The molecule has 0 aliphatic carbocycles. The fourth-order valence-corrected chi connectivity index (χ4v) is 3.40. The molecule has 5 nitrogen and oxygen atoms in total. The van der Waals surface area contributed by atoms with Crippen LogP contribution in [0.15, 0.2) is 24.3 Å². The monoisotopic (exact) mass is 369 g/mol. The number of sulfonamides is 1. The van der Waals surface area contributed by atoms with Gasteiger partial charge in [-0.3, -0.25) is 4.31 Å². The summed E-state index contributed by atoms with van der Waals surface area (Å²) in [4.78, 5) is 11.0. The van der Waals surface area contributed by atoms with Crippen LogP contribution in [0.2, 0.25) is 0 Å². The second-order valence-corrected chi connectivity index (χ2v) is 6.55. The van der Waals surface area contributed by atoms with Gasteiger partial charge in [-0.05, 0) is 41.6 Å². The molecule has 1 aromatic rings. The molecule has 7 heteroatoms. The Hall–Kier alpha value is -0.830. The Kier molecular flexibility index (Phi) is 4.36. The summed E-state index contributed by atoms with van der Waals surface area (Å²) in [7, 11) is -3.64. The molecule has 0 bridgehead atoms. The number of rotatable bonds is 4. The summed E-state index contributed by atoms with van der Waals surface area (Å²) in [5.74, 6) is -1.19. The van der Waals surface area contributed by atoms with Crippen molar-refractivity contribution in [3.8, 4) is 0 Å². The highest BCUT2D eigenvalue weighted by Gasteiger charge is 2.29. The minimum absolute atomic E-state index is 0.380. The third kappa shape index (κ3) is 3.32. The van der Waals surface area contributed by atoms with Crippen LogP contribution >= 0.6 is 22.6 Å². The van der Waals surface area contributed by atoms with Crippen molar-refractivity contribution in [3.05, 3.63) is 27.8 Å². The molecule has 1 N–H and O–H groups in total. The van der Waals surface area contributed by atoms with Crippen molar-refractivity contribution < 1.29 is 18.3 Å². The minimum Gasteiger partial charge on any atom is -0.480 e. The van der Waals surface area contributed by atoms with Crippen LogP contribution in [0.4, 0.5) is 5.69 Å². The number of para-hydroxylation sites is 1. The molecule has 0 spiro atoms. The van der Waals surface area contributed by atoms with Crippen molar-refractivity contribution in [1.82, 2.24) is 0 Å². The van der Waals surface area contributed by atoms with Crippen LogP contribution in [0, 0.1) is 3.57 Å². The van der Waals surface area contributed by atoms with E-state index in [1.165, 1.54) is 6.92 Å². The topological polar surface area (TPSA) is 74.7 Å². The minimum atomic E-state index is -3.64. The number of halogens is 1. The number of carboxylic acids is 1. The normalized spacial score (nSPS) is 13.1. The molecule has 0 heterocycles. The second-order valence-electron chi connectivity index (χ2n) is 3.52. The number of nitrogens with zero attached hydrogens (tertiary/aromatic N) is 1. The van der Waals surface area contributed by atoms with Crippen LogP contribution in [0.3, 0.4) is 0 Å². The van der Waals surface area contributed by atoms with E-state index in [1.807, 2.05) is 22.6 Å². The predicted octanol–water partition coefficient (Wildman–Crippen LogP) is 1.53. The fraction of sp³-hybridized carbons (Fsp3) is 0.300. The highest BCUT2D eigenvalue weighted by atomic mass is 127. The molecule has 0 aliphatic heterocycles. The number of benzene rings is 1. The molecule has 0 saturated heterocycles. The Morgan fingerprint density at radius 3 is 2.35 bits per heavy atom. The number of aliphatic carboxylic acids is 1. The summed E-state index contributed by atoms with van der Waals surface area (Å²) in [6.07, 6.45) is 0.996. The third-order valence-electron chi connectivity index (χ3n) is 2.16. The van der Waals surface area contributed by atoms with E-state index in [4.69, 9.17) is 5.11 Å². The largest absolute Gasteiger partial charge is 0.480 e. The lowest BCUT2D eigenvalue weighted by atomic mass is 10.2. The van der Waals surface area contributed by atoms with Gasteiger partial charge < -0.3 is 5.11 Å². The molecule has 17 heavy (non-hydrogen) atoms. The van der Waals surface area contributed by atoms with Gasteiger partial charge in [-0.15, -0.1) is 0 Å². The molecule has 1 unspecified atom stereocenters. The number of carbonyl (C=O) groups is 1. The van der Waals surface area contributed by atoms with Crippen molar-refractivity contribution >= 4 is 44.3 Å².